The number of hydrogen-bond donors (Lipinski definition) is 2. The molecule has 14 nitrogen and oxygen atoms in total. The third-order valence-corrected chi connectivity index (χ3v) is 16.3. The van der Waals surface area contributed by atoms with E-state index in [2.05, 4.69) is 23.9 Å². The first-order chi connectivity index (χ1) is 29.6. The maximum atomic E-state index is 15.0. The Labute approximate surface area is 368 Å². The van der Waals surface area contributed by atoms with Crippen molar-refractivity contribution in [2.24, 2.45) is 5.92 Å². The smallest absolute Gasteiger partial charge is 0.321 e. The van der Waals surface area contributed by atoms with Crippen molar-refractivity contribution in [3.63, 3.8) is 0 Å². The van der Waals surface area contributed by atoms with Crippen LogP contribution < -0.4 is 24.2 Å². The highest BCUT2D eigenvalue weighted by Crippen LogP contribution is 2.49. The number of hydrogen-bond acceptors (Lipinski definition) is 11. The Kier molecular flexibility index (Phi) is 12.2. The first kappa shape index (κ1) is 43.7. The van der Waals surface area contributed by atoms with Gasteiger partial charge in [-0.25, -0.2) is 23.2 Å². The van der Waals surface area contributed by atoms with Gasteiger partial charge < -0.3 is 29.3 Å². The number of nitrogens with zero attached hydrogens (tertiary/aromatic N) is 4. The highest BCUT2D eigenvalue weighted by molar-refractivity contribution is 7.91. The lowest BCUT2D eigenvalue weighted by molar-refractivity contribution is -0.131. The Bertz CT molecular complexity index is 2450. The number of methoxy groups -OCH3 is 2. The minimum absolute atomic E-state index is 0.0917. The van der Waals surface area contributed by atoms with Gasteiger partial charge in [0.2, 0.25) is 15.9 Å². The molecule has 8 rings (SSSR count). The molecule has 2 aromatic carbocycles. The summed E-state index contributed by atoms with van der Waals surface area (Å²) >= 11 is 1.51. The van der Waals surface area contributed by atoms with Gasteiger partial charge in [0.05, 0.1) is 36.7 Å². The van der Waals surface area contributed by atoms with Gasteiger partial charge in [-0.1, -0.05) is 51.7 Å². The van der Waals surface area contributed by atoms with Crippen LogP contribution in [0.2, 0.25) is 0 Å². The van der Waals surface area contributed by atoms with Crippen molar-refractivity contribution in [2.45, 2.75) is 127 Å². The van der Waals surface area contributed by atoms with Crippen LogP contribution >= 0.6 is 11.3 Å². The van der Waals surface area contributed by atoms with Crippen molar-refractivity contribution in [3.8, 4) is 28.0 Å². The molecule has 0 radical (unpaired) electrons. The molecule has 4 aliphatic rings. The molecule has 2 saturated heterocycles. The minimum atomic E-state index is -3.96. The molecule has 0 bridgehead atoms. The fraction of sp³-hybridized carbons (Fsp3) is 0.543. The average Bonchev–Trinajstić information content (AvgIpc) is 4.02. The van der Waals surface area contributed by atoms with Gasteiger partial charge >= 0.3 is 6.03 Å². The van der Waals surface area contributed by atoms with Gasteiger partial charge in [-0.2, -0.15) is 0 Å². The summed E-state index contributed by atoms with van der Waals surface area (Å²) in [5, 5.41) is 6.57. The number of carbonyl (C=O) groups is 3. The normalized spacial score (nSPS) is 24.1. The maximum absolute atomic E-state index is 15.0. The number of pyridine rings is 1. The zero-order valence-electron chi connectivity index (χ0n) is 36.5. The Morgan fingerprint density at radius 3 is 2.44 bits per heavy atom. The van der Waals surface area contributed by atoms with Crippen LogP contribution in [0.1, 0.15) is 108 Å². The van der Waals surface area contributed by atoms with Gasteiger partial charge in [0, 0.05) is 41.9 Å². The molecule has 4 amide bonds. The summed E-state index contributed by atoms with van der Waals surface area (Å²) in [5.74, 6) is 0.702. The Hall–Kier alpha value is -4.96. The molecule has 2 aromatic heterocycles. The summed E-state index contributed by atoms with van der Waals surface area (Å²) in [6, 6.07) is 11.9. The first-order valence-corrected chi connectivity index (χ1v) is 24.2. The molecule has 4 atom stereocenters. The number of nitrogens with one attached hydrogen (secondary N) is 2. The first-order valence-electron chi connectivity index (χ1n) is 21.8. The van der Waals surface area contributed by atoms with Crippen molar-refractivity contribution < 1.29 is 37.0 Å². The van der Waals surface area contributed by atoms with E-state index in [1.807, 2.05) is 54.8 Å². The van der Waals surface area contributed by atoms with Crippen LogP contribution in [-0.4, -0.2) is 95.8 Å². The number of aryl methyl sites for hydroxylation is 1. The summed E-state index contributed by atoms with van der Waals surface area (Å²) in [4.78, 5) is 57.2. The second-order valence-corrected chi connectivity index (χ2v) is 21.1. The Morgan fingerprint density at radius 1 is 1.00 bits per heavy atom. The number of urea groups is 1. The van der Waals surface area contributed by atoms with E-state index in [4.69, 9.17) is 24.2 Å². The van der Waals surface area contributed by atoms with Crippen LogP contribution in [0, 0.1) is 12.8 Å². The van der Waals surface area contributed by atoms with Crippen molar-refractivity contribution in [1.82, 2.24) is 29.8 Å². The van der Waals surface area contributed by atoms with E-state index in [1.54, 1.807) is 30.9 Å². The van der Waals surface area contributed by atoms with Gasteiger partial charge in [0.1, 0.15) is 45.6 Å². The second-order valence-electron chi connectivity index (χ2n) is 18.0. The van der Waals surface area contributed by atoms with Gasteiger partial charge in [0.25, 0.3) is 5.91 Å². The molecule has 2 aliphatic carbocycles. The number of rotatable bonds is 11. The van der Waals surface area contributed by atoms with Gasteiger partial charge in [0.15, 0.2) is 0 Å². The van der Waals surface area contributed by atoms with E-state index < -0.39 is 44.3 Å². The fourth-order valence-corrected chi connectivity index (χ4v) is 11.1. The standard InChI is InChI=1S/C46H58N6O8S2/c1-28(2)36-27-61-42(48-36)35-23-39(34-17-18-38(59-6)29(3)40(34)47-35)60-33-22-37-41(53)49-46(43(54)50-62(56,57)45(4)19-20-45)24-31(46)12-10-8-7-9-11-21-51(44(55)52(37)26-33)25-30-13-15-32(58-5)16-14-30/h13-18,23,27-28,31,33,37H,7-12,19-22,24-26H2,1-6H3,(H,49,53)(H,50,54)/t31-,33-,37+,46-/m1/s1. The van der Waals surface area contributed by atoms with Crippen LogP contribution in [-0.2, 0) is 26.2 Å². The third-order valence-electron chi connectivity index (χ3n) is 13.3. The summed E-state index contributed by atoms with van der Waals surface area (Å²) in [5.41, 5.74) is 2.63. The summed E-state index contributed by atoms with van der Waals surface area (Å²) in [6.07, 6.45) is 5.85. The third kappa shape index (κ3) is 8.69. The van der Waals surface area contributed by atoms with Crippen molar-refractivity contribution in [3.05, 3.63) is 64.7 Å². The SMILES string of the molecule is COc1ccc(CN2CCCCCCC[C@@H]3C[C@@]3(C(=O)NS(=O)(=O)C3(C)CC3)NC(=O)[C@@H]3C[C@@H](Oc4cc(-c5nc(C(C)C)cs5)nc5c(C)c(OC)ccc45)CN3C2=O)cc1. The zero-order chi connectivity index (χ0) is 44.0. The molecule has 0 unspecified atom stereocenters. The van der Waals surface area contributed by atoms with Gasteiger partial charge in [-0.15, -0.1) is 11.3 Å². The molecular formula is C46H58N6O8S2. The number of sulfonamides is 1. The molecular weight excluding hydrogens is 829 g/mol. The van der Waals surface area contributed by atoms with Crippen molar-refractivity contribution in [1.29, 1.82) is 0 Å². The monoisotopic (exact) mass is 886 g/mol. The maximum Gasteiger partial charge on any atom is 0.321 e. The topological polar surface area (TPSA) is 169 Å². The van der Waals surface area contributed by atoms with E-state index in [1.165, 1.54) is 11.3 Å². The summed E-state index contributed by atoms with van der Waals surface area (Å²) in [6.45, 7) is 8.66. The molecule has 4 heterocycles. The number of amides is 4. The predicted octanol–water partition coefficient (Wildman–Crippen LogP) is 7.48. The van der Waals surface area contributed by atoms with Gasteiger partial charge in [-0.3, -0.25) is 14.3 Å². The number of aromatic nitrogens is 2. The van der Waals surface area contributed by atoms with Crippen LogP contribution in [0.4, 0.5) is 4.79 Å². The molecule has 4 aromatic rings. The quantitative estimate of drug-likeness (QED) is 0.154. The Balaban J connectivity index is 1.15. The summed E-state index contributed by atoms with van der Waals surface area (Å²) in [7, 11) is -0.731. The zero-order valence-corrected chi connectivity index (χ0v) is 38.1. The Morgan fingerprint density at radius 2 is 1.74 bits per heavy atom. The molecule has 2 N–H and O–H groups in total. The number of benzene rings is 2. The van der Waals surface area contributed by atoms with Crippen molar-refractivity contribution in [2.75, 3.05) is 27.3 Å². The molecule has 16 heteroatoms. The fourth-order valence-electron chi connectivity index (χ4n) is 8.85. The minimum Gasteiger partial charge on any atom is -0.497 e. The molecule has 0 spiro atoms. The molecule has 332 valence electrons. The molecule has 62 heavy (non-hydrogen) atoms. The van der Waals surface area contributed by atoms with Crippen molar-refractivity contribution >= 4 is 50.1 Å². The molecule has 2 aliphatic heterocycles. The molecule has 4 fully saturated rings. The van der Waals surface area contributed by atoms with E-state index in [0.29, 0.717) is 67.2 Å². The highest BCUT2D eigenvalue weighted by atomic mass is 32.2. The number of fused-ring (bicyclic) bond motifs is 3. The van der Waals surface area contributed by atoms with Crippen LogP contribution in [0.5, 0.6) is 17.2 Å². The number of thiazole rings is 1. The predicted molar refractivity (Wildman–Crippen MR) is 238 cm³/mol. The van der Waals surface area contributed by atoms with E-state index in [9.17, 15) is 22.8 Å². The van der Waals surface area contributed by atoms with Crippen LogP contribution in [0.15, 0.2) is 47.8 Å². The van der Waals surface area contributed by atoms with E-state index in [0.717, 1.165) is 59.3 Å². The lowest BCUT2D eigenvalue weighted by Crippen LogP contribution is -2.58. The highest BCUT2D eigenvalue weighted by Gasteiger charge is 2.63. The largest absolute Gasteiger partial charge is 0.497 e. The number of carbonyl (C=O) groups excluding carboxylic acids is 3. The van der Waals surface area contributed by atoms with E-state index in [-0.39, 0.29) is 30.8 Å². The van der Waals surface area contributed by atoms with Gasteiger partial charge in [-0.05, 0) is 87.6 Å². The van der Waals surface area contributed by atoms with E-state index >= 15 is 0 Å². The number of ether oxygens (including phenoxy) is 3. The average molecular weight is 887 g/mol. The summed E-state index contributed by atoms with van der Waals surface area (Å²) < 4.78 is 46.0. The lowest BCUT2D eigenvalue weighted by atomic mass is 10.0. The lowest BCUT2D eigenvalue weighted by Gasteiger charge is -2.32. The van der Waals surface area contributed by atoms with Crippen LogP contribution in [0.3, 0.4) is 0 Å². The molecule has 2 saturated carbocycles. The van der Waals surface area contributed by atoms with Crippen LogP contribution in [0.25, 0.3) is 21.6 Å². The second kappa shape index (κ2) is 17.3.